The number of hydrogen-bond donors (Lipinski definition) is 1. The van der Waals surface area contributed by atoms with E-state index in [0.717, 1.165) is 25.0 Å². The van der Waals surface area contributed by atoms with Gasteiger partial charge in [-0.3, -0.25) is 4.79 Å². The fourth-order valence-electron chi connectivity index (χ4n) is 2.02. The van der Waals surface area contributed by atoms with E-state index >= 15 is 0 Å². The lowest BCUT2D eigenvalue weighted by Crippen LogP contribution is -2.25. The van der Waals surface area contributed by atoms with E-state index in [1.54, 1.807) is 37.6 Å². The van der Waals surface area contributed by atoms with Gasteiger partial charge in [-0.25, -0.2) is 5.43 Å². The Morgan fingerprint density at radius 1 is 1.33 bits per heavy atom. The number of amides is 1. The summed E-state index contributed by atoms with van der Waals surface area (Å²) >= 11 is 0. The molecule has 1 aromatic rings. The summed E-state index contributed by atoms with van der Waals surface area (Å²) in [6.07, 6.45) is 9.26. The maximum Gasteiger partial charge on any atom is 0.277 e. The molecule has 0 unspecified atom stereocenters. The zero-order chi connectivity index (χ0) is 14.9. The lowest BCUT2D eigenvalue weighted by atomic mass is 9.96. The maximum atomic E-state index is 11.6. The number of nitrogens with one attached hydrogen (secondary N) is 1. The van der Waals surface area contributed by atoms with Gasteiger partial charge in [0.2, 0.25) is 0 Å². The smallest absolute Gasteiger partial charge is 0.277 e. The molecule has 0 aromatic heterocycles. The number of carbonyl (C=O) groups is 1. The van der Waals surface area contributed by atoms with Crippen molar-refractivity contribution < 1.29 is 14.3 Å². The second-order valence-electron chi connectivity index (χ2n) is 4.82. The first-order chi connectivity index (χ1) is 10.3. The minimum Gasteiger partial charge on any atom is -0.497 e. The van der Waals surface area contributed by atoms with E-state index < -0.39 is 0 Å². The predicted octanol–water partition coefficient (Wildman–Crippen LogP) is 2.53. The Balaban J connectivity index is 1.69. The molecular formula is C16H20N2O3. The van der Waals surface area contributed by atoms with E-state index in [-0.39, 0.29) is 12.5 Å². The molecular weight excluding hydrogens is 268 g/mol. The van der Waals surface area contributed by atoms with Gasteiger partial charge in [0.05, 0.1) is 7.11 Å². The summed E-state index contributed by atoms with van der Waals surface area (Å²) in [5, 5.41) is 3.98. The van der Waals surface area contributed by atoms with E-state index in [1.165, 1.54) is 0 Å². The summed E-state index contributed by atoms with van der Waals surface area (Å²) in [5.74, 6) is 1.51. The fraction of sp³-hybridized carbons (Fsp3) is 0.375. The molecule has 2 rings (SSSR count). The summed E-state index contributed by atoms with van der Waals surface area (Å²) < 4.78 is 10.4. The molecule has 0 radical (unpaired) electrons. The van der Waals surface area contributed by atoms with E-state index in [9.17, 15) is 4.79 Å². The van der Waals surface area contributed by atoms with Gasteiger partial charge in [-0.2, -0.15) is 5.10 Å². The Morgan fingerprint density at radius 2 is 2.10 bits per heavy atom. The number of nitrogens with zero attached hydrogens (tertiary/aromatic N) is 1. The summed E-state index contributed by atoms with van der Waals surface area (Å²) in [4.78, 5) is 11.6. The van der Waals surface area contributed by atoms with Crippen LogP contribution >= 0.6 is 0 Å². The summed E-state index contributed by atoms with van der Waals surface area (Å²) in [6.45, 7) is -0.0613. The summed E-state index contributed by atoms with van der Waals surface area (Å²) in [7, 11) is 1.60. The van der Waals surface area contributed by atoms with Gasteiger partial charge < -0.3 is 9.47 Å². The van der Waals surface area contributed by atoms with Gasteiger partial charge in [0.25, 0.3) is 5.91 Å². The maximum absolute atomic E-state index is 11.6. The highest BCUT2D eigenvalue weighted by Gasteiger charge is 2.07. The standard InChI is InChI=1S/C16H20N2O3/c1-20-14-7-9-15(10-8-14)21-12-16(19)18-17-11-13-5-3-2-4-6-13/h2-3,7-11,13H,4-6,12H2,1H3,(H,18,19)/b17-11-/t13-/m1/s1. The first kappa shape index (κ1) is 15.1. The molecule has 21 heavy (non-hydrogen) atoms. The molecule has 0 saturated heterocycles. The average molecular weight is 288 g/mol. The Morgan fingerprint density at radius 3 is 2.76 bits per heavy atom. The van der Waals surface area contributed by atoms with Crippen LogP contribution in [0.15, 0.2) is 41.5 Å². The summed E-state index contributed by atoms with van der Waals surface area (Å²) in [5.41, 5.74) is 2.48. The molecule has 1 amide bonds. The number of hydrazone groups is 1. The normalized spacial score (nSPS) is 17.7. The molecule has 1 aliphatic carbocycles. The third-order valence-corrected chi connectivity index (χ3v) is 3.21. The van der Waals surface area contributed by atoms with Gasteiger partial charge in [-0.15, -0.1) is 0 Å². The highest BCUT2D eigenvalue weighted by atomic mass is 16.5. The van der Waals surface area contributed by atoms with Crippen molar-refractivity contribution in [2.75, 3.05) is 13.7 Å². The average Bonchev–Trinajstić information content (AvgIpc) is 2.54. The van der Waals surface area contributed by atoms with Crippen LogP contribution in [0.1, 0.15) is 19.3 Å². The third kappa shape index (κ3) is 5.30. The van der Waals surface area contributed by atoms with Crippen molar-refractivity contribution >= 4 is 12.1 Å². The van der Waals surface area contributed by atoms with Crippen LogP contribution in [0.3, 0.4) is 0 Å². The first-order valence-electron chi connectivity index (χ1n) is 7.02. The Labute approximate surface area is 124 Å². The van der Waals surface area contributed by atoms with Crippen molar-refractivity contribution in [3.05, 3.63) is 36.4 Å². The zero-order valence-corrected chi connectivity index (χ0v) is 12.1. The number of rotatable bonds is 6. The molecule has 0 spiro atoms. The lowest BCUT2D eigenvalue weighted by molar-refractivity contribution is -0.123. The van der Waals surface area contributed by atoms with E-state index in [2.05, 4.69) is 22.7 Å². The van der Waals surface area contributed by atoms with Crippen LogP contribution in [0.5, 0.6) is 11.5 Å². The van der Waals surface area contributed by atoms with Gasteiger partial charge in [0.1, 0.15) is 11.5 Å². The monoisotopic (exact) mass is 288 g/mol. The van der Waals surface area contributed by atoms with Gasteiger partial charge in [0, 0.05) is 6.21 Å². The molecule has 0 bridgehead atoms. The quantitative estimate of drug-likeness (QED) is 0.497. The molecule has 0 heterocycles. The van der Waals surface area contributed by atoms with Crippen LogP contribution < -0.4 is 14.9 Å². The van der Waals surface area contributed by atoms with Crippen LogP contribution in [-0.4, -0.2) is 25.8 Å². The third-order valence-electron chi connectivity index (χ3n) is 3.21. The lowest BCUT2D eigenvalue weighted by Gasteiger charge is -2.11. The van der Waals surface area contributed by atoms with Crippen molar-refractivity contribution in [1.29, 1.82) is 0 Å². The number of benzene rings is 1. The number of allylic oxidation sites excluding steroid dienone is 2. The highest BCUT2D eigenvalue weighted by Crippen LogP contribution is 2.17. The van der Waals surface area contributed by atoms with Crippen LogP contribution in [0.25, 0.3) is 0 Å². The van der Waals surface area contributed by atoms with Crippen LogP contribution in [0.2, 0.25) is 0 Å². The predicted molar refractivity (Wildman–Crippen MR) is 81.6 cm³/mol. The molecule has 0 saturated carbocycles. The van der Waals surface area contributed by atoms with Crippen molar-refractivity contribution in [3.63, 3.8) is 0 Å². The number of carbonyl (C=O) groups excluding carboxylic acids is 1. The zero-order valence-electron chi connectivity index (χ0n) is 12.1. The largest absolute Gasteiger partial charge is 0.497 e. The highest BCUT2D eigenvalue weighted by molar-refractivity contribution is 5.78. The van der Waals surface area contributed by atoms with Crippen molar-refractivity contribution in [2.24, 2.45) is 11.0 Å². The number of hydrogen-bond acceptors (Lipinski definition) is 4. The second kappa shape index (κ2) is 8.09. The second-order valence-corrected chi connectivity index (χ2v) is 4.82. The molecule has 1 aromatic carbocycles. The SMILES string of the molecule is COc1ccc(OCC(=O)N/N=C\[C@@H]2CC=CCC2)cc1. The molecule has 5 nitrogen and oxygen atoms in total. The minimum atomic E-state index is -0.270. The van der Waals surface area contributed by atoms with Gasteiger partial charge in [0.15, 0.2) is 6.61 Å². The first-order valence-corrected chi connectivity index (χ1v) is 7.02. The van der Waals surface area contributed by atoms with Crippen molar-refractivity contribution in [1.82, 2.24) is 5.43 Å². The van der Waals surface area contributed by atoms with Crippen LogP contribution in [-0.2, 0) is 4.79 Å². The Hall–Kier alpha value is -2.30. The Kier molecular flexibility index (Phi) is 5.82. The molecule has 5 heteroatoms. The van der Waals surface area contributed by atoms with Crippen molar-refractivity contribution in [2.45, 2.75) is 19.3 Å². The van der Waals surface area contributed by atoms with Crippen molar-refractivity contribution in [3.8, 4) is 11.5 Å². The molecule has 0 aliphatic heterocycles. The van der Waals surface area contributed by atoms with Gasteiger partial charge in [-0.05, 0) is 49.4 Å². The number of methoxy groups -OCH3 is 1. The van der Waals surface area contributed by atoms with E-state index in [0.29, 0.717) is 11.7 Å². The minimum absolute atomic E-state index is 0.0613. The van der Waals surface area contributed by atoms with Crippen LogP contribution in [0, 0.1) is 5.92 Å². The number of ether oxygens (including phenoxy) is 2. The van der Waals surface area contributed by atoms with Gasteiger partial charge in [-0.1, -0.05) is 12.2 Å². The molecule has 1 aliphatic rings. The van der Waals surface area contributed by atoms with E-state index in [4.69, 9.17) is 9.47 Å². The summed E-state index contributed by atoms with van der Waals surface area (Å²) in [6, 6.07) is 7.07. The Bertz CT molecular complexity index is 509. The van der Waals surface area contributed by atoms with E-state index in [1.807, 2.05) is 0 Å². The fourth-order valence-corrected chi connectivity index (χ4v) is 2.02. The molecule has 0 fully saturated rings. The van der Waals surface area contributed by atoms with Crippen LogP contribution in [0.4, 0.5) is 0 Å². The van der Waals surface area contributed by atoms with Gasteiger partial charge >= 0.3 is 0 Å². The molecule has 112 valence electrons. The molecule has 1 N–H and O–H groups in total. The topological polar surface area (TPSA) is 59.9 Å². The molecule has 1 atom stereocenters.